The van der Waals surface area contributed by atoms with Gasteiger partial charge in [0.15, 0.2) is 5.75 Å². The molecule has 0 aromatic heterocycles. The van der Waals surface area contributed by atoms with Crippen molar-refractivity contribution in [3.8, 4) is 5.75 Å². The molecule has 16 heavy (non-hydrogen) atoms. The van der Waals surface area contributed by atoms with Gasteiger partial charge in [0.1, 0.15) is 5.75 Å². The van der Waals surface area contributed by atoms with Crippen molar-refractivity contribution in [1.82, 2.24) is 0 Å². The predicted molar refractivity (Wildman–Crippen MR) is 73.9 cm³/mol. The molecule has 0 aliphatic rings. The Morgan fingerprint density at radius 3 is 2.50 bits per heavy atom. The van der Waals surface area contributed by atoms with Gasteiger partial charge in [-0.1, -0.05) is 0 Å². The van der Waals surface area contributed by atoms with Gasteiger partial charge in [-0.05, 0) is 63.4 Å². The Morgan fingerprint density at radius 1 is 1.38 bits per heavy atom. The molecule has 0 aliphatic heterocycles. The van der Waals surface area contributed by atoms with E-state index in [0.717, 1.165) is 3.57 Å². The smallest absolute Gasteiger partial charge is 0.329 e. The standard InChI is InChI=1S/C8H6I2O5S/c9-5-1-2-7(6(10)3-5)15-8(11)4-16(12,13)14/h1-3H,4H2,(H,12,13,14). The average molecular weight is 468 g/mol. The van der Waals surface area contributed by atoms with Gasteiger partial charge in [0, 0.05) is 3.57 Å². The molecular formula is C8H6I2O5S. The Kier molecular flexibility index (Phi) is 4.94. The molecule has 1 aromatic rings. The zero-order valence-corrected chi connectivity index (χ0v) is 12.8. The second-order valence-corrected chi connectivity index (χ2v) is 6.64. The van der Waals surface area contributed by atoms with E-state index in [4.69, 9.17) is 9.29 Å². The van der Waals surface area contributed by atoms with Crippen molar-refractivity contribution in [1.29, 1.82) is 0 Å². The van der Waals surface area contributed by atoms with Crippen LogP contribution in [0.5, 0.6) is 5.75 Å². The number of halogens is 2. The highest BCUT2D eigenvalue weighted by Crippen LogP contribution is 2.23. The molecule has 5 nitrogen and oxygen atoms in total. The number of rotatable bonds is 3. The van der Waals surface area contributed by atoms with Crippen molar-refractivity contribution in [3.05, 3.63) is 25.3 Å². The van der Waals surface area contributed by atoms with E-state index in [1.54, 1.807) is 18.2 Å². The molecule has 0 amide bonds. The number of hydrogen-bond donors (Lipinski definition) is 1. The van der Waals surface area contributed by atoms with Crippen LogP contribution in [0, 0.1) is 7.14 Å². The van der Waals surface area contributed by atoms with E-state index in [1.165, 1.54) is 0 Å². The summed E-state index contributed by atoms with van der Waals surface area (Å²) in [5, 5.41) is 0. The van der Waals surface area contributed by atoms with E-state index in [-0.39, 0.29) is 5.75 Å². The molecule has 0 fully saturated rings. The number of benzene rings is 1. The van der Waals surface area contributed by atoms with E-state index in [1.807, 2.05) is 22.6 Å². The van der Waals surface area contributed by atoms with Crippen molar-refractivity contribution < 1.29 is 22.5 Å². The lowest BCUT2D eigenvalue weighted by atomic mass is 10.3. The van der Waals surface area contributed by atoms with Crippen LogP contribution in [-0.2, 0) is 14.9 Å². The second kappa shape index (κ2) is 5.60. The molecule has 0 saturated carbocycles. The maximum atomic E-state index is 11.1. The van der Waals surface area contributed by atoms with E-state index in [0.29, 0.717) is 3.57 Å². The van der Waals surface area contributed by atoms with E-state index < -0.39 is 21.8 Å². The number of ether oxygens (including phenoxy) is 1. The van der Waals surface area contributed by atoms with Crippen LogP contribution in [-0.4, -0.2) is 24.7 Å². The molecule has 0 heterocycles. The first-order valence-corrected chi connectivity index (χ1v) is 7.65. The fourth-order valence-corrected chi connectivity index (χ4v) is 2.93. The molecule has 8 heteroatoms. The van der Waals surface area contributed by atoms with Crippen molar-refractivity contribution in [2.75, 3.05) is 5.75 Å². The highest BCUT2D eigenvalue weighted by atomic mass is 127. The van der Waals surface area contributed by atoms with Crippen LogP contribution in [0.15, 0.2) is 18.2 Å². The zero-order valence-electron chi connectivity index (χ0n) is 7.68. The number of esters is 1. The first kappa shape index (κ1) is 14.1. The quantitative estimate of drug-likeness (QED) is 0.316. The Morgan fingerprint density at radius 2 is 2.00 bits per heavy atom. The van der Waals surface area contributed by atoms with Crippen LogP contribution >= 0.6 is 45.2 Å². The normalized spacial score (nSPS) is 11.2. The maximum absolute atomic E-state index is 11.1. The largest absolute Gasteiger partial charge is 0.425 e. The lowest BCUT2D eigenvalue weighted by molar-refractivity contribution is -0.131. The zero-order chi connectivity index (χ0) is 12.3. The van der Waals surface area contributed by atoms with Crippen molar-refractivity contribution in [3.63, 3.8) is 0 Å². The van der Waals surface area contributed by atoms with Crippen LogP contribution in [0.1, 0.15) is 0 Å². The van der Waals surface area contributed by atoms with Crippen molar-refractivity contribution in [2.45, 2.75) is 0 Å². The molecule has 88 valence electrons. The van der Waals surface area contributed by atoms with Crippen molar-refractivity contribution in [2.24, 2.45) is 0 Å². The summed E-state index contributed by atoms with van der Waals surface area (Å²) in [6.07, 6.45) is 0. The van der Waals surface area contributed by atoms with E-state index >= 15 is 0 Å². The summed E-state index contributed by atoms with van der Waals surface area (Å²) in [6.45, 7) is 0. The SMILES string of the molecule is O=C(CS(=O)(=O)O)Oc1ccc(I)cc1I. The number of hydrogen-bond acceptors (Lipinski definition) is 4. The van der Waals surface area contributed by atoms with Crippen LogP contribution in [0.25, 0.3) is 0 Å². The summed E-state index contributed by atoms with van der Waals surface area (Å²) in [4.78, 5) is 11.1. The second-order valence-electron chi connectivity index (χ2n) is 2.78. The fourth-order valence-electron chi connectivity index (χ4n) is 0.859. The topological polar surface area (TPSA) is 80.7 Å². The summed E-state index contributed by atoms with van der Waals surface area (Å²) in [6, 6.07) is 5.06. The van der Waals surface area contributed by atoms with Gasteiger partial charge in [0.2, 0.25) is 0 Å². The van der Waals surface area contributed by atoms with Gasteiger partial charge in [-0.15, -0.1) is 0 Å². The fraction of sp³-hybridized carbons (Fsp3) is 0.125. The molecule has 0 saturated heterocycles. The first-order valence-electron chi connectivity index (χ1n) is 3.89. The molecule has 1 N–H and O–H groups in total. The van der Waals surface area contributed by atoms with E-state index in [9.17, 15) is 13.2 Å². The Bertz CT molecular complexity index is 511. The van der Waals surface area contributed by atoms with Gasteiger partial charge < -0.3 is 4.74 Å². The van der Waals surface area contributed by atoms with Gasteiger partial charge in [0.05, 0.1) is 3.57 Å². The van der Waals surface area contributed by atoms with Crippen molar-refractivity contribution >= 4 is 61.3 Å². The third kappa shape index (κ3) is 4.93. The number of carbonyl (C=O) groups is 1. The van der Waals surface area contributed by atoms with Gasteiger partial charge in [-0.25, -0.2) is 0 Å². The predicted octanol–water partition coefficient (Wildman–Crippen LogP) is 1.69. The van der Waals surface area contributed by atoms with Crippen LogP contribution in [0.3, 0.4) is 0 Å². The van der Waals surface area contributed by atoms with Gasteiger partial charge in [-0.3, -0.25) is 9.35 Å². The minimum Gasteiger partial charge on any atom is -0.425 e. The molecule has 0 bridgehead atoms. The molecule has 0 spiro atoms. The van der Waals surface area contributed by atoms with Crippen LogP contribution in [0.2, 0.25) is 0 Å². The molecule has 0 radical (unpaired) electrons. The minimum absolute atomic E-state index is 0.273. The summed E-state index contributed by atoms with van der Waals surface area (Å²) in [5.41, 5.74) is 0. The molecule has 1 aromatic carbocycles. The highest BCUT2D eigenvalue weighted by molar-refractivity contribution is 14.1. The van der Waals surface area contributed by atoms with Crippen LogP contribution < -0.4 is 4.74 Å². The molecular weight excluding hydrogens is 462 g/mol. The van der Waals surface area contributed by atoms with Gasteiger partial charge in [-0.2, -0.15) is 8.42 Å². The monoisotopic (exact) mass is 468 g/mol. The minimum atomic E-state index is -4.34. The summed E-state index contributed by atoms with van der Waals surface area (Å²) >= 11 is 4.06. The first-order chi connectivity index (χ1) is 7.28. The Balaban J connectivity index is 2.78. The Labute approximate surface area is 120 Å². The Hall–Kier alpha value is 0.0600. The maximum Gasteiger partial charge on any atom is 0.329 e. The summed E-state index contributed by atoms with van der Waals surface area (Å²) < 4.78 is 35.7. The van der Waals surface area contributed by atoms with Crippen LogP contribution in [0.4, 0.5) is 0 Å². The van der Waals surface area contributed by atoms with Gasteiger partial charge >= 0.3 is 5.97 Å². The molecule has 0 aliphatic carbocycles. The third-order valence-corrected chi connectivity index (χ3v) is 3.53. The molecule has 0 unspecified atom stereocenters. The molecule has 1 rings (SSSR count). The number of carbonyl (C=O) groups excluding carboxylic acids is 1. The summed E-state index contributed by atoms with van der Waals surface area (Å²) in [5.74, 6) is -1.79. The van der Waals surface area contributed by atoms with E-state index in [2.05, 4.69) is 22.6 Å². The molecule has 0 atom stereocenters. The lowest BCUT2D eigenvalue weighted by Gasteiger charge is -2.05. The summed E-state index contributed by atoms with van der Waals surface area (Å²) in [7, 11) is -4.34. The van der Waals surface area contributed by atoms with Gasteiger partial charge in [0.25, 0.3) is 10.1 Å². The third-order valence-electron chi connectivity index (χ3n) is 1.42. The lowest BCUT2D eigenvalue weighted by Crippen LogP contribution is -2.20. The highest BCUT2D eigenvalue weighted by Gasteiger charge is 2.16. The average Bonchev–Trinajstić information content (AvgIpc) is 2.06.